The Morgan fingerprint density at radius 3 is 2.50 bits per heavy atom. The van der Waals surface area contributed by atoms with Crippen LogP contribution >= 0.6 is 0 Å². The van der Waals surface area contributed by atoms with E-state index in [1.54, 1.807) is 0 Å². The summed E-state index contributed by atoms with van der Waals surface area (Å²) in [7, 11) is 0. The molecule has 102 valence electrons. The highest BCUT2D eigenvalue weighted by molar-refractivity contribution is 5.82. The number of hydrogen-bond acceptors (Lipinski definition) is 4. The molecule has 2 rings (SSSR count). The summed E-state index contributed by atoms with van der Waals surface area (Å²) >= 11 is 0. The molecule has 0 aromatic heterocycles. The van der Waals surface area contributed by atoms with Crippen molar-refractivity contribution >= 4 is 11.9 Å². The van der Waals surface area contributed by atoms with Crippen molar-refractivity contribution in [2.45, 2.75) is 44.5 Å². The lowest BCUT2D eigenvalue weighted by Crippen LogP contribution is -2.45. The van der Waals surface area contributed by atoms with Gasteiger partial charge in [-0.1, -0.05) is 13.3 Å². The second kappa shape index (κ2) is 5.24. The lowest BCUT2D eigenvalue weighted by atomic mass is 9.78. The van der Waals surface area contributed by atoms with Gasteiger partial charge in [-0.05, 0) is 6.42 Å². The van der Waals surface area contributed by atoms with Crippen molar-refractivity contribution in [3.05, 3.63) is 0 Å². The van der Waals surface area contributed by atoms with E-state index in [4.69, 9.17) is 19.7 Å². The van der Waals surface area contributed by atoms with Crippen LogP contribution in [0.2, 0.25) is 0 Å². The molecular weight excluding hydrogens is 240 g/mol. The van der Waals surface area contributed by atoms with Crippen LogP contribution in [0.4, 0.5) is 0 Å². The van der Waals surface area contributed by atoms with E-state index in [1.165, 1.54) is 0 Å². The third-order valence-electron chi connectivity index (χ3n) is 3.70. The molecule has 2 N–H and O–H groups in total. The molecule has 0 radical (unpaired) electrons. The number of carboxylic acid groups (broad SMARTS) is 2. The monoisotopic (exact) mass is 258 g/mol. The van der Waals surface area contributed by atoms with Crippen LogP contribution in [0.25, 0.3) is 0 Å². The van der Waals surface area contributed by atoms with Crippen molar-refractivity contribution in [3.8, 4) is 0 Å². The highest BCUT2D eigenvalue weighted by atomic mass is 16.6. The number of fused-ring (bicyclic) bond motifs is 2. The van der Waals surface area contributed by atoms with Gasteiger partial charge in [-0.15, -0.1) is 0 Å². The summed E-state index contributed by atoms with van der Waals surface area (Å²) in [6.45, 7) is 2.61. The molecular formula is C12H18O6. The molecule has 2 saturated heterocycles. The average molecular weight is 258 g/mol. The molecule has 2 fully saturated rings. The fourth-order valence-electron chi connectivity index (χ4n) is 2.84. The SMILES string of the molecule is CCCCO[C@H]1C[C@@H]2O[C@H]1[C@@H](C(=O)O)[C@H]2C(=O)O. The number of carbonyl (C=O) groups is 2. The van der Waals surface area contributed by atoms with Crippen LogP contribution in [0.1, 0.15) is 26.2 Å². The minimum Gasteiger partial charge on any atom is -0.481 e. The Labute approximate surface area is 105 Å². The predicted octanol–water partition coefficient (Wildman–Crippen LogP) is 0.744. The van der Waals surface area contributed by atoms with Gasteiger partial charge in [-0.3, -0.25) is 9.59 Å². The summed E-state index contributed by atoms with van der Waals surface area (Å²) in [5, 5.41) is 18.2. The smallest absolute Gasteiger partial charge is 0.310 e. The van der Waals surface area contributed by atoms with Gasteiger partial charge in [0.25, 0.3) is 0 Å². The predicted molar refractivity (Wildman–Crippen MR) is 60.2 cm³/mol. The summed E-state index contributed by atoms with van der Waals surface area (Å²) in [6, 6.07) is 0. The number of aliphatic carboxylic acids is 2. The number of carboxylic acids is 2. The maximum atomic E-state index is 11.2. The second-order valence-electron chi connectivity index (χ2n) is 4.87. The molecule has 2 heterocycles. The van der Waals surface area contributed by atoms with Crippen molar-refractivity contribution in [2.24, 2.45) is 11.8 Å². The van der Waals surface area contributed by atoms with Crippen molar-refractivity contribution in [3.63, 3.8) is 0 Å². The van der Waals surface area contributed by atoms with Gasteiger partial charge in [-0.2, -0.15) is 0 Å². The molecule has 0 aromatic carbocycles. The van der Waals surface area contributed by atoms with Crippen molar-refractivity contribution in [2.75, 3.05) is 6.61 Å². The quantitative estimate of drug-likeness (QED) is 0.683. The van der Waals surface area contributed by atoms with E-state index in [0.29, 0.717) is 13.0 Å². The molecule has 2 aliphatic rings. The van der Waals surface area contributed by atoms with Gasteiger partial charge in [0.1, 0.15) is 5.92 Å². The van der Waals surface area contributed by atoms with Crippen molar-refractivity contribution in [1.82, 2.24) is 0 Å². The molecule has 0 saturated carbocycles. The van der Waals surface area contributed by atoms with Crippen LogP contribution in [-0.2, 0) is 19.1 Å². The summed E-state index contributed by atoms with van der Waals surface area (Å²) in [5.41, 5.74) is 0. The summed E-state index contributed by atoms with van der Waals surface area (Å²) in [5.74, 6) is -4.15. The second-order valence-corrected chi connectivity index (χ2v) is 4.87. The third-order valence-corrected chi connectivity index (χ3v) is 3.70. The zero-order valence-electron chi connectivity index (χ0n) is 10.2. The molecule has 6 nitrogen and oxygen atoms in total. The summed E-state index contributed by atoms with van der Waals surface area (Å²) in [4.78, 5) is 22.3. The van der Waals surface area contributed by atoms with Crippen LogP contribution in [0.3, 0.4) is 0 Å². The van der Waals surface area contributed by atoms with E-state index >= 15 is 0 Å². The molecule has 0 amide bonds. The van der Waals surface area contributed by atoms with Gasteiger partial charge in [0.05, 0.1) is 24.2 Å². The zero-order valence-corrected chi connectivity index (χ0v) is 10.2. The van der Waals surface area contributed by atoms with Crippen molar-refractivity contribution in [1.29, 1.82) is 0 Å². The largest absolute Gasteiger partial charge is 0.481 e. The number of unbranched alkanes of at least 4 members (excludes halogenated alkanes) is 1. The molecule has 0 unspecified atom stereocenters. The average Bonchev–Trinajstić information content (AvgIpc) is 2.85. The Morgan fingerprint density at radius 2 is 1.94 bits per heavy atom. The Morgan fingerprint density at radius 1 is 1.28 bits per heavy atom. The van der Waals surface area contributed by atoms with E-state index in [0.717, 1.165) is 12.8 Å². The molecule has 0 spiro atoms. The van der Waals surface area contributed by atoms with Gasteiger partial charge in [0.2, 0.25) is 0 Å². The Hall–Kier alpha value is -1.14. The number of hydrogen-bond donors (Lipinski definition) is 2. The first-order valence-corrected chi connectivity index (χ1v) is 6.29. The molecule has 18 heavy (non-hydrogen) atoms. The highest BCUT2D eigenvalue weighted by Gasteiger charge is 2.60. The first-order valence-electron chi connectivity index (χ1n) is 6.29. The zero-order chi connectivity index (χ0) is 13.3. The fourth-order valence-corrected chi connectivity index (χ4v) is 2.84. The summed E-state index contributed by atoms with van der Waals surface area (Å²) < 4.78 is 11.1. The lowest BCUT2D eigenvalue weighted by Gasteiger charge is -2.27. The first-order chi connectivity index (χ1) is 8.56. The first kappa shape index (κ1) is 13.3. The van der Waals surface area contributed by atoms with Crippen LogP contribution < -0.4 is 0 Å². The molecule has 0 aliphatic carbocycles. The van der Waals surface area contributed by atoms with Crippen LogP contribution in [-0.4, -0.2) is 47.1 Å². The Balaban J connectivity index is 2.03. The molecule has 2 aliphatic heterocycles. The van der Waals surface area contributed by atoms with Crippen LogP contribution in [0.15, 0.2) is 0 Å². The van der Waals surface area contributed by atoms with Crippen LogP contribution in [0, 0.1) is 11.8 Å². The van der Waals surface area contributed by atoms with Crippen LogP contribution in [0.5, 0.6) is 0 Å². The van der Waals surface area contributed by atoms with Gasteiger partial charge < -0.3 is 19.7 Å². The maximum absolute atomic E-state index is 11.2. The Bertz CT molecular complexity index is 341. The Kier molecular flexibility index (Phi) is 3.87. The molecule has 6 heteroatoms. The maximum Gasteiger partial charge on any atom is 0.310 e. The van der Waals surface area contributed by atoms with E-state index in [9.17, 15) is 9.59 Å². The van der Waals surface area contributed by atoms with E-state index < -0.39 is 36.0 Å². The van der Waals surface area contributed by atoms with Gasteiger partial charge in [0, 0.05) is 13.0 Å². The highest BCUT2D eigenvalue weighted by Crippen LogP contribution is 2.45. The number of rotatable bonds is 6. The van der Waals surface area contributed by atoms with Crippen molar-refractivity contribution < 1.29 is 29.3 Å². The van der Waals surface area contributed by atoms with E-state index in [1.807, 2.05) is 6.92 Å². The minimum atomic E-state index is -1.11. The third kappa shape index (κ3) is 2.22. The standard InChI is InChI=1S/C12H18O6/c1-2-3-4-17-7-5-6-8(11(13)14)9(12(15)16)10(7)18-6/h6-10H,2-5H2,1H3,(H,13,14)(H,15,16)/t6-,7-,8-,9-,10+/m0/s1. The summed E-state index contributed by atoms with van der Waals surface area (Å²) in [6.07, 6.45) is 0.967. The molecule has 2 bridgehead atoms. The minimum absolute atomic E-state index is 0.279. The number of ether oxygens (including phenoxy) is 2. The topological polar surface area (TPSA) is 93.1 Å². The fraction of sp³-hybridized carbons (Fsp3) is 0.833. The molecule has 0 aromatic rings. The van der Waals surface area contributed by atoms with E-state index in [2.05, 4.69) is 0 Å². The lowest BCUT2D eigenvalue weighted by molar-refractivity contribution is -0.156. The van der Waals surface area contributed by atoms with E-state index in [-0.39, 0.29) is 6.10 Å². The van der Waals surface area contributed by atoms with Gasteiger partial charge in [0.15, 0.2) is 0 Å². The van der Waals surface area contributed by atoms with Gasteiger partial charge in [-0.25, -0.2) is 0 Å². The molecule has 5 atom stereocenters. The normalized spacial score (nSPS) is 37.9. The van der Waals surface area contributed by atoms with Gasteiger partial charge >= 0.3 is 11.9 Å².